The monoisotopic (exact) mass is 278 g/mol. The van der Waals surface area contributed by atoms with E-state index < -0.39 is 0 Å². The van der Waals surface area contributed by atoms with Crippen LogP contribution < -0.4 is 0 Å². The van der Waals surface area contributed by atoms with Crippen molar-refractivity contribution in [3.63, 3.8) is 0 Å². The lowest BCUT2D eigenvalue weighted by Crippen LogP contribution is -2.39. The van der Waals surface area contributed by atoms with Gasteiger partial charge in [0.15, 0.2) is 0 Å². The number of ether oxygens (including phenoxy) is 1. The second-order valence-electron chi connectivity index (χ2n) is 6.01. The first-order chi connectivity index (χ1) is 9.59. The molecule has 4 nitrogen and oxygen atoms in total. The van der Waals surface area contributed by atoms with Crippen LogP contribution in [0.2, 0.25) is 0 Å². The zero-order valence-electron chi connectivity index (χ0n) is 12.8. The second kappa shape index (κ2) is 6.93. The van der Waals surface area contributed by atoms with Crippen LogP contribution in [0.25, 0.3) is 0 Å². The number of aromatic amines is 1. The molecule has 0 aromatic carbocycles. The van der Waals surface area contributed by atoms with Crippen LogP contribution in [0, 0.1) is 5.92 Å². The SMILES string of the molecule is CC(C)CCOC(C)C(=O)N1CCCC1c1ccc[nH]1. The summed E-state index contributed by atoms with van der Waals surface area (Å²) in [5.41, 5.74) is 1.13. The maximum Gasteiger partial charge on any atom is 0.251 e. The quantitative estimate of drug-likeness (QED) is 0.869. The molecule has 0 spiro atoms. The summed E-state index contributed by atoms with van der Waals surface area (Å²) in [4.78, 5) is 17.7. The van der Waals surface area contributed by atoms with E-state index in [1.807, 2.05) is 24.1 Å². The number of carbonyl (C=O) groups is 1. The molecule has 2 heterocycles. The lowest BCUT2D eigenvalue weighted by atomic mass is 10.1. The van der Waals surface area contributed by atoms with Crippen molar-refractivity contribution in [2.24, 2.45) is 5.92 Å². The standard InChI is InChI=1S/C16H26N2O2/c1-12(2)8-11-20-13(3)16(19)18-10-5-7-15(18)14-6-4-9-17-14/h4,6,9,12-13,15,17H,5,7-8,10-11H2,1-3H3. The largest absolute Gasteiger partial charge is 0.369 e. The van der Waals surface area contributed by atoms with E-state index in [2.05, 4.69) is 24.9 Å². The summed E-state index contributed by atoms with van der Waals surface area (Å²) in [7, 11) is 0. The van der Waals surface area contributed by atoms with Gasteiger partial charge in [-0.05, 0) is 44.2 Å². The lowest BCUT2D eigenvalue weighted by Gasteiger charge is -2.27. The number of H-pyrrole nitrogens is 1. The summed E-state index contributed by atoms with van der Waals surface area (Å²) in [5, 5.41) is 0. The Labute approximate surface area is 121 Å². The summed E-state index contributed by atoms with van der Waals surface area (Å²) in [6.45, 7) is 7.69. The van der Waals surface area contributed by atoms with Crippen LogP contribution in [-0.4, -0.2) is 35.0 Å². The predicted octanol–water partition coefficient (Wildman–Crippen LogP) is 3.13. The maximum atomic E-state index is 12.5. The molecular formula is C16H26N2O2. The minimum atomic E-state index is -0.343. The number of rotatable bonds is 6. The zero-order valence-corrected chi connectivity index (χ0v) is 12.8. The highest BCUT2D eigenvalue weighted by Crippen LogP contribution is 2.31. The molecule has 1 aromatic heterocycles. The molecule has 4 heteroatoms. The highest BCUT2D eigenvalue weighted by atomic mass is 16.5. The lowest BCUT2D eigenvalue weighted by molar-refractivity contribution is -0.143. The second-order valence-corrected chi connectivity index (χ2v) is 6.01. The summed E-state index contributed by atoms with van der Waals surface area (Å²) in [6, 6.07) is 4.23. The van der Waals surface area contributed by atoms with E-state index in [-0.39, 0.29) is 18.1 Å². The maximum absolute atomic E-state index is 12.5. The predicted molar refractivity (Wildman–Crippen MR) is 79.3 cm³/mol. The summed E-state index contributed by atoms with van der Waals surface area (Å²) < 4.78 is 5.69. The number of hydrogen-bond donors (Lipinski definition) is 1. The van der Waals surface area contributed by atoms with E-state index in [0.29, 0.717) is 12.5 Å². The van der Waals surface area contributed by atoms with Crippen molar-refractivity contribution < 1.29 is 9.53 Å². The molecule has 1 saturated heterocycles. The Morgan fingerprint density at radius 1 is 1.50 bits per heavy atom. The number of amides is 1. The summed E-state index contributed by atoms with van der Waals surface area (Å²) >= 11 is 0. The van der Waals surface area contributed by atoms with Crippen LogP contribution in [-0.2, 0) is 9.53 Å². The molecule has 112 valence electrons. The summed E-state index contributed by atoms with van der Waals surface area (Å²) in [5.74, 6) is 0.724. The molecule has 1 aromatic rings. The van der Waals surface area contributed by atoms with E-state index in [1.54, 1.807) is 0 Å². The van der Waals surface area contributed by atoms with E-state index in [4.69, 9.17) is 4.74 Å². The van der Waals surface area contributed by atoms with Gasteiger partial charge in [-0.1, -0.05) is 13.8 Å². The van der Waals surface area contributed by atoms with Crippen molar-refractivity contribution >= 4 is 5.91 Å². The van der Waals surface area contributed by atoms with Gasteiger partial charge in [0.1, 0.15) is 6.10 Å². The minimum Gasteiger partial charge on any atom is -0.369 e. The molecule has 2 rings (SSSR count). The third-order valence-electron chi connectivity index (χ3n) is 3.93. The van der Waals surface area contributed by atoms with Crippen molar-refractivity contribution in [3.05, 3.63) is 24.0 Å². The van der Waals surface area contributed by atoms with Gasteiger partial charge >= 0.3 is 0 Å². The highest BCUT2D eigenvalue weighted by molar-refractivity contribution is 5.81. The van der Waals surface area contributed by atoms with Crippen molar-refractivity contribution in [3.8, 4) is 0 Å². The van der Waals surface area contributed by atoms with Gasteiger partial charge in [0.2, 0.25) is 0 Å². The van der Waals surface area contributed by atoms with Crippen LogP contribution in [0.5, 0.6) is 0 Å². The normalized spacial score (nSPS) is 20.6. The van der Waals surface area contributed by atoms with Crippen molar-refractivity contribution in [2.75, 3.05) is 13.2 Å². The van der Waals surface area contributed by atoms with E-state index in [9.17, 15) is 4.79 Å². The van der Waals surface area contributed by atoms with Crippen molar-refractivity contribution in [1.29, 1.82) is 0 Å². The number of nitrogens with zero attached hydrogens (tertiary/aromatic N) is 1. The van der Waals surface area contributed by atoms with Crippen LogP contribution in [0.4, 0.5) is 0 Å². The van der Waals surface area contributed by atoms with E-state index in [1.165, 1.54) is 0 Å². The average Bonchev–Trinajstić information content (AvgIpc) is 3.07. The minimum absolute atomic E-state index is 0.117. The summed E-state index contributed by atoms with van der Waals surface area (Å²) in [6.07, 6.45) is 4.67. The molecule has 2 unspecified atom stereocenters. The van der Waals surface area contributed by atoms with Gasteiger partial charge in [0.25, 0.3) is 5.91 Å². The third kappa shape index (κ3) is 3.63. The number of aromatic nitrogens is 1. The molecule has 1 N–H and O–H groups in total. The zero-order chi connectivity index (χ0) is 14.5. The highest BCUT2D eigenvalue weighted by Gasteiger charge is 2.33. The van der Waals surface area contributed by atoms with Gasteiger partial charge in [0.05, 0.1) is 6.04 Å². The first kappa shape index (κ1) is 15.1. The fourth-order valence-electron chi connectivity index (χ4n) is 2.69. The Kier molecular flexibility index (Phi) is 5.24. The van der Waals surface area contributed by atoms with Crippen LogP contribution in [0.1, 0.15) is 51.8 Å². The van der Waals surface area contributed by atoms with Gasteiger partial charge in [-0.2, -0.15) is 0 Å². The van der Waals surface area contributed by atoms with Gasteiger partial charge in [0, 0.05) is 25.0 Å². The molecule has 0 radical (unpaired) electrons. The first-order valence-electron chi connectivity index (χ1n) is 7.65. The number of nitrogens with one attached hydrogen (secondary N) is 1. The Morgan fingerprint density at radius 2 is 2.30 bits per heavy atom. The fraction of sp³-hybridized carbons (Fsp3) is 0.688. The van der Waals surface area contributed by atoms with Crippen LogP contribution in [0.3, 0.4) is 0 Å². The molecule has 0 saturated carbocycles. The molecule has 0 aliphatic carbocycles. The third-order valence-corrected chi connectivity index (χ3v) is 3.93. The fourth-order valence-corrected chi connectivity index (χ4v) is 2.69. The molecule has 20 heavy (non-hydrogen) atoms. The smallest absolute Gasteiger partial charge is 0.251 e. The van der Waals surface area contributed by atoms with Crippen LogP contribution >= 0.6 is 0 Å². The topological polar surface area (TPSA) is 45.3 Å². The van der Waals surface area contributed by atoms with Crippen molar-refractivity contribution in [2.45, 2.75) is 52.2 Å². The molecule has 1 aliphatic rings. The molecule has 2 atom stereocenters. The van der Waals surface area contributed by atoms with Crippen molar-refractivity contribution in [1.82, 2.24) is 9.88 Å². The molecule has 1 aliphatic heterocycles. The Balaban J connectivity index is 1.90. The van der Waals surface area contributed by atoms with Gasteiger partial charge in [-0.15, -0.1) is 0 Å². The molecule has 0 bridgehead atoms. The average molecular weight is 278 g/mol. The molecule has 1 amide bonds. The molecule has 1 fully saturated rings. The Morgan fingerprint density at radius 3 is 2.95 bits per heavy atom. The van der Waals surface area contributed by atoms with Crippen LogP contribution in [0.15, 0.2) is 18.3 Å². The Bertz CT molecular complexity index is 414. The van der Waals surface area contributed by atoms with E-state index >= 15 is 0 Å². The number of carbonyl (C=O) groups excluding carboxylic acids is 1. The number of likely N-dealkylation sites (tertiary alicyclic amines) is 1. The van der Waals surface area contributed by atoms with Gasteiger partial charge in [-0.3, -0.25) is 4.79 Å². The van der Waals surface area contributed by atoms with Gasteiger partial charge in [-0.25, -0.2) is 0 Å². The van der Waals surface area contributed by atoms with E-state index in [0.717, 1.165) is 31.5 Å². The number of hydrogen-bond acceptors (Lipinski definition) is 2. The Hall–Kier alpha value is -1.29. The van der Waals surface area contributed by atoms with Gasteiger partial charge < -0.3 is 14.6 Å². The molecular weight excluding hydrogens is 252 g/mol. The first-order valence-corrected chi connectivity index (χ1v) is 7.65.